The fourth-order valence-electron chi connectivity index (χ4n) is 3.32. The maximum atomic E-state index is 13.6. The second kappa shape index (κ2) is 9.56. The number of para-hydroxylation sites is 2. The van der Waals surface area contributed by atoms with Gasteiger partial charge in [-0.05, 0) is 41.8 Å². The van der Waals surface area contributed by atoms with E-state index < -0.39 is 11.7 Å². The number of fused-ring (bicyclic) bond motifs is 1. The second-order valence-electron chi connectivity index (χ2n) is 7.70. The molecule has 7 heteroatoms. The first kappa shape index (κ1) is 22.1. The smallest absolute Gasteiger partial charge is 0.262 e. The summed E-state index contributed by atoms with van der Waals surface area (Å²) < 4.78 is 30.6. The number of carbonyl (C=O) groups is 1. The number of ether oxygens (including phenoxy) is 2. The highest BCUT2D eigenvalue weighted by Gasteiger charge is 2.14. The van der Waals surface area contributed by atoms with Crippen molar-refractivity contribution in [1.29, 1.82) is 0 Å². The van der Waals surface area contributed by atoms with Gasteiger partial charge in [-0.25, -0.2) is 4.39 Å². The van der Waals surface area contributed by atoms with Crippen LogP contribution in [0.15, 0.2) is 82.2 Å². The van der Waals surface area contributed by atoms with E-state index in [1.54, 1.807) is 18.2 Å². The Kier molecular flexibility index (Phi) is 6.40. The molecule has 0 atom stereocenters. The summed E-state index contributed by atoms with van der Waals surface area (Å²) in [4.78, 5) is 25.0. The molecule has 0 saturated heterocycles. The van der Waals surface area contributed by atoms with Crippen molar-refractivity contribution in [3.8, 4) is 17.2 Å². The van der Waals surface area contributed by atoms with E-state index in [4.69, 9.17) is 13.9 Å². The first-order chi connectivity index (χ1) is 15.9. The van der Waals surface area contributed by atoms with Crippen molar-refractivity contribution in [3.05, 3.63) is 94.6 Å². The highest BCUT2D eigenvalue weighted by atomic mass is 19.1. The molecular formula is C26H22FNO5. The minimum absolute atomic E-state index is 0.0715. The van der Waals surface area contributed by atoms with E-state index in [0.29, 0.717) is 16.9 Å². The van der Waals surface area contributed by atoms with E-state index in [2.05, 4.69) is 5.32 Å². The van der Waals surface area contributed by atoms with Crippen LogP contribution in [0.1, 0.15) is 25.3 Å². The third-order valence-electron chi connectivity index (χ3n) is 4.99. The predicted molar refractivity (Wildman–Crippen MR) is 124 cm³/mol. The van der Waals surface area contributed by atoms with Crippen LogP contribution in [0.5, 0.6) is 17.2 Å². The van der Waals surface area contributed by atoms with Gasteiger partial charge in [0.15, 0.2) is 6.61 Å². The number of carbonyl (C=O) groups excluding carboxylic acids is 1. The SMILES string of the molecule is CC(C)c1ccccc1Oc1coc2cc(OCC(=O)Nc3ccccc3F)ccc2c1=O. The van der Waals surface area contributed by atoms with Crippen molar-refractivity contribution < 1.29 is 23.1 Å². The number of halogens is 1. The van der Waals surface area contributed by atoms with Gasteiger partial charge < -0.3 is 19.2 Å². The average molecular weight is 447 g/mol. The van der Waals surface area contributed by atoms with Gasteiger partial charge in [0.05, 0.1) is 11.1 Å². The molecular weight excluding hydrogens is 425 g/mol. The van der Waals surface area contributed by atoms with E-state index in [1.807, 2.05) is 38.1 Å². The Morgan fingerprint density at radius 2 is 1.79 bits per heavy atom. The van der Waals surface area contributed by atoms with Gasteiger partial charge in [-0.3, -0.25) is 9.59 Å². The number of hydrogen-bond donors (Lipinski definition) is 1. The molecule has 0 unspecified atom stereocenters. The van der Waals surface area contributed by atoms with E-state index in [-0.39, 0.29) is 35.0 Å². The van der Waals surface area contributed by atoms with Gasteiger partial charge in [0.1, 0.15) is 29.2 Å². The van der Waals surface area contributed by atoms with Crippen LogP contribution >= 0.6 is 0 Å². The van der Waals surface area contributed by atoms with Crippen LogP contribution in [0.25, 0.3) is 11.0 Å². The Balaban J connectivity index is 1.48. The lowest BCUT2D eigenvalue weighted by Gasteiger charge is -2.13. The molecule has 0 radical (unpaired) electrons. The molecule has 0 saturated carbocycles. The van der Waals surface area contributed by atoms with Crippen LogP contribution in [0, 0.1) is 5.82 Å². The molecule has 3 aromatic carbocycles. The van der Waals surface area contributed by atoms with Crippen LogP contribution in [0.3, 0.4) is 0 Å². The van der Waals surface area contributed by atoms with Crippen LogP contribution in [-0.4, -0.2) is 12.5 Å². The maximum absolute atomic E-state index is 13.6. The predicted octanol–water partition coefficient (Wildman–Crippen LogP) is 5.87. The van der Waals surface area contributed by atoms with Crippen molar-refractivity contribution >= 4 is 22.6 Å². The summed E-state index contributed by atoms with van der Waals surface area (Å²) in [5, 5.41) is 2.76. The number of rotatable bonds is 7. The third kappa shape index (κ3) is 5.03. The summed E-state index contributed by atoms with van der Waals surface area (Å²) in [7, 11) is 0. The van der Waals surface area contributed by atoms with Crippen LogP contribution in [0.2, 0.25) is 0 Å². The molecule has 4 rings (SSSR count). The molecule has 0 fully saturated rings. The lowest BCUT2D eigenvalue weighted by atomic mass is 10.0. The largest absolute Gasteiger partial charge is 0.484 e. The van der Waals surface area contributed by atoms with Crippen LogP contribution < -0.4 is 20.2 Å². The van der Waals surface area contributed by atoms with Crippen molar-refractivity contribution in [2.45, 2.75) is 19.8 Å². The van der Waals surface area contributed by atoms with Gasteiger partial charge >= 0.3 is 0 Å². The first-order valence-corrected chi connectivity index (χ1v) is 10.4. The molecule has 0 aliphatic carbocycles. The second-order valence-corrected chi connectivity index (χ2v) is 7.70. The summed E-state index contributed by atoms with van der Waals surface area (Å²) >= 11 is 0. The third-order valence-corrected chi connectivity index (χ3v) is 4.99. The zero-order valence-corrected chi connectivity index (χ0v) is 18.1. The fraction of sp³-hybridized carbons (Fsp3) is 0.154. The number of amides is 1. The minimum atomic E-state index is -0.535. The van der Waals surface area contributed by atoms with Gasteiger partial charge in [0.2, 0.25) is 11.2 Å². The lowest BCUT2D eigenvalue weighted by Crippen LogP contribution is -2.20. The van der Waals surface area contributed by atoms with E-state index in [0.717, 1.165) is 5.56 Å². The summed E-state index contributed by atoms with van der Waals surface area (Å²) in [6.07, 6.45) is 1.26. The monoisotopic (exact) mass is 447 g/mol. The molecule has 33 heavy (non-hydrogen) atoms. The normalized spacial score (nSPS) is 10.9. The minimum Gasteiger partial charge on any atom is -0.484 e. The van der Waals surface area contributed by atoms with Crippen molar-refractivity contribution in [2.24, 2.45) is 0 Å². The highest BCUT2D eigenvalue weighted by molar-refractivity contribution is 5.92. The zero-order chi connectivity index (χ0) is 23.4. The molecule has 1 amide bonds. The topological polar surface area (TPSA) is 77.8 Å². The van der Waals surface area contributed by atoms with Crippen LogP contribution in [0.4, 0.5) is 10.1 Å². The molecule has 0 aliphatic heterocycles. The van der Waals surface area contributed by atoms with Crippen molar-refractivity contribution in [2.75, 3.05) is 11.9 Å². The van der Waals surface area contributed by atoms with Crippen molar-refractivity contribution in [1.82, 2.24) is 0 Å². The summed E-state index contributed by atoms with van der Waals surface area (Å²) in [5.41, 5.74) is 1.02. The number of anilines is 1. The fourth-order valence-corrected chi connectivity index (χ4v) is 3.32. The highest BCUT2D eigenvalue weighted by Crippen LogP contribution is 2.30. The Hall–Kier alpha value is -4.13. The zero-order valence-electron chi connectivity index (χ0n) is 18.1. The van der Waals surface area contributed by atoms with E-state index in [1.165, 1.54) is 30.5 Å². The average Bonchev–Trinajstić information content (AvgIpc) is 2.81. The molecule has 4 aromatic rings. The van der Waals surface area contributed by atoms with Gasteiger partial charge in [-0.2, -0.15) is 0 Å². The summed E-state index contributed by atoms with van der Waals surface area (Å²) in [6.45, 7) is 3.75. The van der Waals surface area contributed by atoms with Crippen molar-refractivity contribution in [3.63, 3.8) is 0 Å². The Morgan fingerprint density at radius 3 is 2.58 bits per heavy atom. The number of benzene rings is 3. The summed E-state index contributed by atoms with van der Waals surface area (Å²) in [5.74, 6) is 0.173. The standard InChI is InChI=1S/C26H22FNO5/c1-16(2)18-7-3-6-10-22(18)33-24-14-32-23-13-17(11-12-19(23)26(24)30)31-15-25(29)28-21-9-5-4-8-20(21)27/h3-14,16H,15H2,1-2H3,(H,28,29). The summed E-state index contributed by atoms with van der Waals surface area (Å²) in [6, 6.07) is 18.0. The molecule has 6 nitrogen and oxygen atoms in total. The molecule has 168 valence electrons. The quantitative estimate of drug-likeness (QED) is 0.384. The maximum Gasteiger partial charge on any atom is 0.262 e. The first-order valence-electron chi connectivity index (χ1n) is 10.4. The van der Waals surface area contributed by atoms with Crippen LogP contribution in [-0.2, 0) is 4.79 Å². The van der Waals surface area contributed by atoms with E-state index >= 15 is 0 Å². The molecule has 1 heterocycles. The van der Waals surface area contributed by atoms with Gasteiger partial charge in [-0.15, -0.1) is 0 Å². The molecule has 0 bridgehead atoms. The number of hydrogen-bond acceptors (Lipinski definition) is 5. The molecule has 1 N–H and O–H groups in total. The molecule has 0 spiro atoms. The molecule has 1 aromatic heterocycles. The Morgan fingerprint density at radius 1 is 1.03 bits per heavy atom. The Labute approximate surface area is 189 Å². The number of nitrogens with one attached hydrogen (secondary N) is 1. The molecule has 0 aliphatic rings. The van der Waals surface area contributed by atoms with Gasteiger partial charge in [0, 0.05) is 6.07 Å². The van der Waals surface area contributed by atoms with E-state index in [9.17, 15) is 14.0 Å². The van der Waals surface area contributed by atoms with Gasteiger partial charge in [0.25, 0.3) is 5.91 Å². The lowest BCUT2D eigenvalue weighted by molar-refractivity contribution is -0.118. The Bertz CT molecular complexity index is 1360. The van der Waals surface area contributed by atoms with Gasteiger partial charge in [-0.1, -0.05) is 44.2 Å².